The van der Waals surface area contributed by atoms with Crippen LogP contribution in [0.1, 0.15) is 72.6 Å². The molecule has 2 aliphatic carbocycles. The van der Waals surface area contributed by atoms with Crippen LogP contribution >= 0.6 is 15.9 Å². The maximum atomic E-state index is 12.4. The minimum atomic E-state index is -0.0500. The van der Waals surface area contributed by atoms with Crippen LogP contribution in [0.25, 0.3) is 0 Å². The highest BCUT2D eigenvalue weighted by Crippen LogP contribution is 2.61. The molecule has 0 saturated heterocycles. The number of hydrogen-bond donors (Lipinski definition) is 1. The van der Waals surface area contributed by atoms with Crippen LogP contribution in [-0.4, -0.2) is 5.91 Å². The Kier molecular flexibility index (Phi) is 6.77. The van der Waals surface area contributed by atoms with Gasteiger partial charge in [0.05, 0.1) is 0 Å². The summed E-state index contributed by atoms with van der Waals surface area (Å²) in [7, 11) is 0. The number of carbonyl (C=O) groups is 1. The molecule has 3 heteroatoms. The number of carbonyl (C=O) groups excluding carboxylic acids is 1. The highest BCUT2D eigenvalue weighted by molar-refractivity contribution is 9.10. The van der Waals surface area contributed by atoms with Crippen molar-refractivity contribution in [3.8, 4) is 0 Å². The van der Waals surface area contributed by atoms with Crippen LogP contribution in [-0.2, 0) is 4.79 Å². The molecule has 2 saturated carbocycles. The monoisotopic (exact) mass is 457 g/mol. The van der Waals surface area contributed by atoms with Gasteiger partial charge in [-0.25, -0.2) is 0 Å². The Bertz CT molecular complexity index is 809. The molecule has 0 radical (unpaired) electrons. The molecule has 29 heavy (non-hydrogen) atoms. The van der Waals surface area contributed by atoms with Gasteiger partial charge < -0.3 is 5.32 Å². The summed E-state index contributed by atoms with van der Waals surface area (Å²) in [6.45, 7) is 14.0. The van der Waals surface area contributed by atoms with Crippen molar-refractivity contribution in [1.82, 2.24) is 0 Å². The van der Waals surface area contributed by atoms with Gasteiger partial charge in [0.1, 0.15) is 0 Å². The third kappa shape index (κ3) is 5.05. The predicted octanol–water partition coefficient (Wildman–Crippen LogP) is 7.91. The van der Waals surface area contributed by atoms with Gasteiger partial charge in [0, 0.05) is 16.2 Å². The van der Waals surface area contributed by atoms with Gasteiger partial charge in [0.2, 0.25) is 5.91 Å². The molecule has 0 aliphatic heterocycles. The number of amides is 1. The number of benzene rings is 1. The molecule has 1 amide bonds. The van der Waals surface area contributed by atoms with Crippen molar-refractivity contribution < 1.29 is 4.79 Å². The van der Waals surface area contributed by atoms with Gasteiger partial charge in [-0.05, 0) is 86.3 Å². The SMILES string of the molecule is C=C1CC[C@@H]2C(C)(C)CCC[C@@]2(C)[C@@H]1CC/C(C)=C/C(=O)Nc1cccc(Br)c1. The van der Waals surface area contributed by atoms with Gasteiger partial charge in [-0.15, -0.1) is 0 Å². The average molecular weight is 458 g/mol. The summed E-state index contributed by atoms with van der Waals surface area (Å²) in [6.07, 6.45) is 10.3. The van der Waals surface area contributed by atoms with E-state index in [1.807, 2.05) is 24.3 Å². The first-order valence-corrected chi connectivity index (χ1v) is 11.8. The fourth-order valence-corrected chi connectivity index (χ4v) is 6.62. The van der Waals surface area contributed by atoms with Crippen molar-refractivity contribution in [2.45, 2.75) is 72.6 Å². The topological polar surface area (TPSA) is 29.1 Å². The maximum absolute atomic E-state index is 12.4. The molecule has 158 valence electrons. The van der Waals surface area contributed by atoms with Crippen LogP contribution < -0.4 is 5.32 Å². The van der Waals surface area contributed by atoms with E-state index in [0.29, 0.717) is 16.7 Å². The van der Waals surface area contributed by atoms with Crippen molar-refractivity contribution in [3.63, 3.8) is 0 Å². The van der Waals surface area contributed by atoms with Gasteiger partial charge in [0.15, 0.2) is 0 Å². The number of rotatable bonds is 5. The first-order chi connectivity index (χ1) is 13.6. The molecule has 1 aromatic rings. The van der Waals surface area contributed by atoms with E-state index >= 15 is 0 Å². The molecule has 2 aliphatic rings. The lowest BCUT2D eigenvalue weighted by molar-refractivity contribution is -0.112. The Labute approximate surface area is 185 Å². The quantitative estimate of drug-likeness (QED) is 0.352. The van der Waals surface area contributed by atoms with E-state index in [2.05, 4.69) is 55.5 Å². The van der Waals surface area contributed by atoms with E-state index in [1.165, 1.54) is 37.7 Å². The van der Waals surface area contributed by atoms with Crippen molar-refractivity contribution in [2.75, 3.05) is 5.32 Å². The number of anilines is 1. The molecular weight excluding hydrogens is 422 g/mol. The Morgan fingerprint density at radius 1 is 1.31 bits per heavy atom. The minimum absolute atomic E-state index is 0.0500. The Hall–Kier alpha value is -1.35. The molecule has 3 rings (SSSR count). The van der Waals surface area contributed by atoms with Crippen LogP contribution in [0, 0.1) is 22.7 Å². The third-order valence-corrected chi connectivity index (χ3v) is 8.11. The number of allylic oxidation sites excluding steroid dienone is 2. The zero-order valence-electron chi connectivity index (χ0n) is 18.5. The van der Waals surface area contributed by atoms with Gasteiger partial charge in [-0.2, -0.15) is 0 Å². The molecular formula is C26H36BrNO. The summed E-state index contributed by atoms with van der Waals surface area (Å²) < 4.78 is 0.963. The molecule has 0 aromatic heterocycles. The zero-order valence-corrected chi connectivity index (χ0v) is 20.1. The lowest BCUT2D eigenvalue weighted by Gasteiger charge is -2.58. The van der Waals surface area contributed by atoms with E-state index in [0.717, 1.165) is 34.5 Å². The fraction of sp³-hybridized carbons (Fsp3) is 0.577. The molecule has 3 atom stereocenters. The lowest BCUT2D eigenvalue weighted by atomic mass is 9.47. The van der Waals surface area contributed by atoms with Crippen LogP contribution in [0.2, 0.25) is 0 Å². The molecule has 0 spiro atoms. The molecule has 2 fully saturated rings. The number of halogens is 1. The summed E-state index contributed by atoms with van der Waals surface area (Å²) >= 11 is 3.44. The third-order valence-electron chi connectivity index (χ3n) is 7.62. The zero-order chi connectivity index (χ0) is 21.2. The van der Waals surface area contributed by atoms with Crippen LogP contribution in [0.3, 0.4) is 0 Å². The molecule has 1 N–H and O–H groups in total. The van der Waals surface area contributed by atoms with Gasteiger partial charge in [-0.1, -0.05) is 66.9 Å². The molecule has 0 unspecified atom stereocenters. The maximum Gasteiger partial charge on any atom is 0.248 e. The van der Waals surface area contributed by atoms with Crippen LogP contribution in [0.4, 0.5) is 5.69 Å². The summed E-state index contributed by atoms with van der Waals surface area (Å²) in [5.41, 5.74) is 4.18. The summed E-state index contributed by atoms with van der Waals surface area (Å²) in [6, 6.07) is 7.70. The Morgan fingerprint density at radius 3 is 2.79 bits per heavy atom. The molecule has 0 bridgehead atoms. The largest absolute Gasteiger partial charge is 0.322 e. The van der Waals surface area contributed by atoms with E-state index in [9.17, 15) is 4.79 Å². The second-order valence-corrected chi connectivity index (χ2v) is 11.1. The highest BCUT2D eigenvalue weighted by atomic mass is 79.9. The standard InChI is InChI=1S/C26H36BrNO/c1-18(16-24(29)28-21-9-6-8-20(27)17-21)10-12-22-19(2)11-13-23-25(3,4)14-7-15-26(22,23)5/h6,8-9,16-17,22-23H,2,7,10-15H2,1,3-5H3,(H,28,29)/b18-16+/t22-,23-,26+/m1/s1. The lowest BCUT2D eigenvalue weighted by Crippen LogP contribution is -2.49. The summed E-state index contributed by atoms with van der Waals surface area (Å²) in [5, 5.41) is 2.96. The van der Waals surface area contributed by atoms with Crippen molar-refractivity contribution in [1.29, 1.82) is 0 Å². The van der Waals surface area contributed by atoms with Crippen molar-refractivity contribution in [3.05, 3.63) is 52.5 Å². The second-order valence-electron chi connectivity index (χ2n) is 10.2. The highest BCUT2D eigenvalue weighted by Gasteiger charge is 2.52. The second kappa shape index (κ2) is 8.79. The smallest absolute Gasteiger partial charge is 0.248 e. The number of fused-ring (bicyclic) bond motifs is 1. The van der Waals surface area contributed by atoms with E-state index in [-0.39, 0.29) is 5.91 Å². The molecule has 0 heterocycles. The van der Waals surface area contributed by atoms with Gasteiger partial charge in [-0.3, -0.25) is 4.79 Å². The van der Waals surface area contributed by atoms with Crippen LogP contribution in [0.5, 0.6) is 0 Å². The summed E-state index contributed by atoms with van der Waals surface area (Å²) in [4.78, 5) is 12.4. The van der Waals surface area contributed by atoms with Crippen molar-refractivity contribution >= 4 is 27.5 Å². The van der Waals surface area contributed by atoms with Gasteiger partial charge in [0.25, 0.3) is 0 Å². The van der Waals surface area contributed by atoms with E-state index < -0.39 is 0 Å². The van der Waals surface area contributed by atoms with E-state index in [4.69, 9.17) is 0 Å². The minimum Gasteiger partial charge on any atom is -0.322 e. The van der Waals surface area contributed by atoms with Crippen molar-refractivity contribution in [2.24, 2.45) is 22.7 Å². The Morgan fingerprint density at radius 2 is 2.07 bits per heavy atom. The van der Waals surface area contributed by atoms with Gasteiger partial charge >= 0.3 is 0 Å². The number of nitrogens with one attached hydrogen (secondary N) is 1. The normalized spacial score (nSPS) is 29.3. The number of hydrogen-bond acceptors (Lipinski definition) is 1. The van der Waals surface area contributed by atoms with Crippen LogP contribution in [0.15, 0.2) is 52.5 Å². The average Bonchev–Trinajstić information content (AvgIpc) is 2.60. The fourth-order valence-electron chi connectivity index (χ4n) is 6.22. The molecule has 1 aromatic carbocycles. The predicted molar refractivity (Wildman–Crippen MR) is 127 cm³/mol. The first kappa shape index (κ1) is 22.3. The first-order valence-electron chi connectivity index (χ1n) is 11.0. The van der Waals surface area contributed by atoms with E-state index in [1.54, 1.807) is 6.08 Å². The Balaban J connectivity index is 1.65. The molecule has 2 nitrogen and oxygen atoms in total. The summed E-state index contributed by atoms with van der Waals surface area (Å²) in [5.74, 6) is 1.30.